The first-order valence-electron chi connectivity index (χ1n) is 6.03. The molecule has 1 aromatic rings. The predicted octanol–water partition coefficient (Wildman–Crippen LogP) is 2.68. The Morgan fingerprint density at radius 1 is 1.25 bits per heavy atom. The first-order chi connectivity index (χ1) is 7.61. The Hall–Kier alpha value is -1.25. The van der Waals surface area contributed by atoms with Gasteiger partial charge in [-0.25, -0.2) is 0 Å². The van der Waals surface area contributed by atoms with Crippen LogP contribution in [0.2, 0.25) is 0 Å². The van der Waals surface area contributed by atoms with E-state index in [1.54, 1.807) is 13.0 Å². The third-order valence-electron chi connectivity index (χ3n) is 3.59. The summed E-state index contributed by atoms with van der Waals surface area (Å²) in [4.78, 5) is 12.1. The largest absolute Gasteiger partial charge is 0.507 e. The maximum atomic E-state index is 12.1. The average Bonchev–Trinajstić information content (AvgIpc) is 2.28. The van der Waals surface area contributed by atoms with Gasteiger partial charge in [-0.15, -0.1) is 0 Å². The first kappa shape index (κ1) is 11.2. The zero-order chi connectivity index (χ0) is 11.7. The van der Waals surface area contributed by atoms with Crippen LogP contribution >= 0.6 is 0 Å². The van der Waals surface area contributed by atoms with Gasteiger partial charge in [-0.3, -0.25) is 4.79 Å². The SMILES string of the molecule is Cc1c(O)cc(C)n(C2CCCCC2)c1=O. The van der Waals surface area contributed by atoms with Crippen molar-refractivity contribution in [2.75, 3.05) is 0 Å². The summed E-state index contributed by atoms with van der Waals surface area (Å²) in [7, 11) is 0. The van der Waals surface area contributed by atoms with Gasteiger partial charge in [-0.2, -0.15) is 0 Å². The second-order valence-electron chi connectivity index (χ2n) is 4.76. The number of rotatable bonds is 1. The van der Waals surface area contributed by atoms with E-state index in [0.29, 0.717) is 11.6 Å². The maximum absolute atomic E-state index is 12.1. The molecule has 0 bridgehead atoms. The molecule has 88 valence electrons. The van der Waals surface area contributed by atoms with Crippen molar-refractivity contribution in [3.05, 3.63) is 27.7 Å². The number of hydrogen-bond donors (Lipinski definition) is 1. The molecule has 0 amide bonds. The highest BCUT2D eigenvalue weighted by Crippen LogP contribution is 2.28. The molecule has 1 N–H and O–H groups in total. The minimum absolute atomic E-state index is 0.0237. The van der Waals surface area contributed by atoms with E-state index >= 15 is 0 Å². The van der Waals surface area contributed by atoms with Gasteiger partial charge < -0.3 is 9.67 Å². The van der Waals surface area contributed by atoms with Crippen molar-refractivity contribution in [3.8, 4) is 5.75 Å². The second-order valence-corrected chi connectivity index (χ2v) is 4.76. The van der Waals surface area contributed by atoms with Crippen molar-refractivity contribution in [1.29, 1.82) is 0 Å². The zero-order valence-corrected chi connectivity index (χ0v) is 9.99. The number of aromatic hydroxyl groups is 1. The van der Waals surface area contributed by atoms with Crippen LogP contribution in [0.1, 0.15) is 49.4 Å². The van der Waals surface area contributed by atoms with Crippen LogP contribution in [0.5, 0.6) is 5.75 Å². The lowest BCUT2D eigenvalue weighted by Crippen LogP contribution is -2.29. The molecule has 1 heterocycles. The Bertz CT molecular complexity index is 442. The van der Waals surface area contributed by atoms with Crippen molar-refractivity contribution < 1.29 is 5.11 Å². The summed E-state index contributed by atoms with van der Waals surface area (Å²) in [6.45, 7) is 3.59. The molecule has 1 aliphatic rings. The molecule has 2 rings (SSSR count). The topological polar surface area (TPSA) is 42.2 Å². The molecule has 16 heavy (non-hydrogen) atoms. The minimum atomic E-state index is -0.0237. The fourth-order valence-electron chi connectivity index (χ4n) is 2.62. The number of aromatic nitrogens is 1. The van der Waals surface area contributed by atoms with Crippen LogP contribution in [0.25, 0.3) is 0 Å². The molecule has 0 aromatic carbocycles. The molecular formula is C13H19NO2. The Labute approximate surface area is 95.7 Å². The van der Waals surface area contributed by atoms with Crippen LogP contribution in [0, 0.1) is 13.8 Å². The standard InChI is InChI=1S/C13H19NO2/c1-9-8-12(15)10(2)13(16)14(9)11-6-4-3-5-7-11/h8,11,15H,3-7H2,1-2H3. The normalized spacial score (nSPS) is 17.6. The highest BCUT2D eigenvalue weighted by atomic mass is 16.3. The van der Waals surface area contributed by atoms with E-state index in [2.05, 4.69) is 0 Å². The lowest BCUT2D eigenvalue weighted by Gasteiger charge is -2.26. The number of aryl methyl sites for hydroxylation is 1. The highest BCUT2D eigenvalue weighted by Gasteiger charge is 2.19. The smallest absolute Gasteiger partial charge is 0.257 e. The quantitative estimate of drug-likeness (QED) is 0.792. The Morgan fingerprint density at radius 3 is 2.50 bits per heavy atom. The van der Waals surface area contributed by atoms with Crippen molar-refractivity contribution in [1.82, 2.24) is 4.57 Å². The molecule has 1 aliphatic carbocycles. The molecule has 3 nitrogen and oxygen atoms in total. The van der Waals surface area contributed by atoms with Gasteiger partial charge >= 0.3 is 0 Å². The Balaban J connectivity index is 2.47. The molecular weight excluding hydrogens is 202 g/mol. The molecule has 1 aromatic heterocycles. The van der Waals surface area contributed by atoms with Crippen LogP contribution in [-0.2, 0) is 0 Å². The van der Waals surface area contributed by atoms with Crippen LogP contribution in [0.15, 0.2) is 10.9 Å². The van der Waals surface area contributed by atoms with Crippen LogP contribution in [-0.4, -0.2) is 9.67 Å². The van der Waals surface area contributed by atoms with E-state index in [0.717, 1.165) is 18.5 Å². The second kappa shape index (κ2) is 4.32. The average molecular weight is 221 g/mol. The van der Waals surface area contributed by atoms with Gasteiger partial charge in [0.25, 0.3) is 5.56 Å². The van der Waals surface area contributed by atoms with Crippen molar-refractivity contribution in [3.63, 3.8) is 0 Å². The Kier molecular flexibility index (Phi) is 3.03. The van der Waals surface area contributed by atoms with Gasteiger partial charge in [0.1, 0.15) is 5.75 Å². The predicted molar refractivity (Wildman–Crippen MR) is 64.0 cm³/mol. The lowest BCUT2D eigenvalue weighted by atomic mass is 9.94. The van der Waals surface area contributed by atoms with Crippen molar-refractivity contribution >= 4 is 0 Å². The molecule has 1 saturated carbocycles. The van der Waals surface area contributed by atoms with E-state index in [1.807, 2.05) is 11.5 Å². The fourth-order valence-corrected chi connectivity index (χ4v) is 2.62. The first-order valence-corrected chi connectivity index (χ1v) is 6.03. The van der Waals surface area contributed by atoms with Gasteiger partial charge in [0, 0.05) is 11.7 Å². The minimum Gasteiger partial charge on any atom is -0.507 e. The highest BCUT2D eigenvalue weighted by molar-refractivity contribution is 5.31. The molecule has 0 spiro atoms. The van der Waals surface area contributed by atoms with Gasteiger partial charge in [0.15, 0.2) is 0 Å². The summed E-state index contributed by atoms with van der Waals surface area (Å²) in [6, 6.07) is 2.03. The summed E-state index contributed by atoms with van der Waals surface area (Å²) >= 11 is 0. The number of hydrogen-bond acceptors (Lipinski definition) is 2. The monoisotopic (exact) mass is 221 g/mol. The third-order valence-corrected chi connectivity index (χ3v) is 3.59. The van der Waals surface area contributed by atoms with E-state index in [-0.39, 0.29) is 11.3 Å². The van der Waals surface area contributed by atoms with E-state index < -0.39 is 0 Å². The van der Waals surface area contributed by atoms with Gasteiger partial charge in [-0.1, -0.05) is 19.3 Å². The third kappa shape index (κ3) is 1.86. The van der Waals surface area contributed by atoms with E-state index in [9.17, 15) is 9.90 Å². The zero-order valence-electron chi connectivity index (χ0n) is 9.99. The van der Waals surface area contributed by atoms with Gasteiger partial charge in [-0.05, 0) is 32.8 Å². The molecule has 0 atom stereocenters. The van der Waals surface area contributed by atoms with Crippen LogP contribution in [0.4, 0.5) is 0 Å². The molecule has 0 unspecified atom stereocenters. The Morgan fingerprint density at radius 2 is 1.88 bits per heavy atom. The van der Waals surface area contributed by atoms with Crippen molar-refractivity contribution in [2.24, 2.45) is 0 Å². The number of pyridine rings is 1. The maximum Gasteiger partial charge on any atom is 0.257 e. The lowest BCUT2D eigenvalue weighted by molar-refractivity contribution is 0.338. The molecule has 0 aliphatic heterocycles. The van der Waals surface area contributed by atoms with E-state index in [4.69, 9.17) is 0 Å². The van der Waals surface area contributed by atoms with Crippen LogP contribution in [0.3, 0.4) is 0 Å². The van der Waals surface area contributed by atoms with Gasteiger partial charge in [0.2, 0.25) is 0 Å². The molecule has 3 heteroatoms. The summed E-state index contributed by atoms with van der Waals surface area (Å²) < 4.78 is 1.87. The summed E-state index contributed by atoms with van der Waals surface area (Å²) in [5.74, 6) is 0.120. The number of nitrogens with zero attached hydrogens (tertiary/aromatic N) is 1. The van der Waals surface area contributed by atoms with Crippen molar-refractivity contribution in [2.45, 2.75) is 52.0 Å². The van der Waals surface area contributed by atoms with Crippen LogP contribution < -0.4 is 5.56 Å². The van der Waals surface area contributed by atoms with E-state index in [1.165, 1.54) is 19.3 Å². The van der Waals surface area contributed by atoms with Gasteiger partial charge in [0.05, 0.1) is 5.56 Å². The fraction of sp³-hybridized carbons (Fsp3) is 0.615. The molecule has 1 fully saturated rings. The summed E-state index contributed by atoms with van der Waals surface area (Å²) in [5.41, 5.74) is 1.32. The molecule has 0 saturated heterocycles. The molecule has 0 radical (unpaired) electrons. The summed E-state index contributed by atoms with van der Waals surface area (Å²) in [5, 5.41) is 9.59. The summed E-state index contributed by atoms with van der Waals surface area (Å²) in [6.07, 6.45) is 5.87.